The predicted octanol–water partition coefficient (Wildman–Crippen LogP) is 2.87. The zero-order valence-corrected chi connectivity index (χ0v) is 13.2. The molecule has 0 fully saturated rings. The topological polar surface area (TPSA) is 26.3 Å². The summed E-state index contributed by atoms with van der Waals surface area (Å²) in [5.41, 5.74) is 1.39. The fourth-order valence-corrected chi connectivity index (χ4v) is 4.88. The Balaban J connectivity index is 2.22. The summed E-state index contributed by atoms with van der Waals surface area (Å²) in [6.45, 7) is 4.49. The van der Waals surface area contributed by atoms with Gasteiger partial charge in [0.1, 0.15) is 0 Å². The number of carbonyl (C=O) groups excluding carboxylic acids is 1. The number of hydrogen-bond donors (Lipinski definition) is 0. The third-order valence-corrected chi connectivity index (χ3v) is 6.42. The summed E-state index contributed by atoms with van der Waals surface area (Å²) in [6.07, 6.45) is 4.97. The normalized spacial score (nSPS) is 22.7. The summed E-state index contributed by atoms with van der Waals surface area (Å²) in [4.78, 5) is 12.4. The van der Waals surface area contributed by atoms with Crippen LogP contribution in [-0.4, -0.2) is 27.5 Å². The summed E-state index contributed by atoms with van der Waals surface area (Å²) >= 11 is 0.123. The van der Waals surface area contributed by atoms with E-state index in [1.165, 1.54) is 10.0 Å². The SMILES string of the molecule is CCOC(=O)C1([Se]c2ccccc2)CC=C(C)CC1. The summed E-state index contributed by atoms with van der Waals surface area (Å²) in [5, 5.41) is 0. The van der Waals surface area contributed by atoms with Crippen molar-refractivity contribution >= 4 is 25.4 Å². The molecule has 0 N–H and O–H groups in total. The summed E-state index contributed by atoms with van der Waals surface area (Å²) < 4.78 is 6.31. The van der Waals surface area contributed by atoms with Crippen molar-refractivity contribution < 1.29 is 9.53 Å². The second-order valence-electron chi connectivity index (χ2n) is 4.88. The van der Waals surface area contributed by atoms with Gasteiger partial charge in [0, 0.05) is 0 Å². The molecular weight excluding hydrogens is 303 g/mol. The molecule has 1 unspecified atom stereocenters. The molecule has 0 bridgehead atoms. The van der Waals surface area contributed by atoms with Gasteiger partial charge in [-0.3, -0.25) is 0 Å². The molecule has 1 aromatic carbocycles. The van der Waals surface area contributed by atoms with E-state index in [1.807, 2.05) is 25.1 Å². The maximum atomic E-state index is 12.4. The maximum absolute atomic E-state index is 12.4. The van der Waals surface area contributed by atoms with Crippen LogP contribution in [0.1, 0.15) is 33.1 Å². The molecule has 1 aliphatic carbocycles. The Morgan fingerprint density at radius 1 is 1.37 bits per heavy atom. The predicted molar refractivity (Wildman–Crippen MR) is 78.8 cm³/mol. The van der Waals surface area contributed by atoms with Crippen LogP contribution < -0.4 is 4.46 Å². The van der Waals surface area contributed by atoms with E-state index in [-0.39, 0.29) is 25.2 Å². The van der Waals surface area contributed by atoms with Gasteiger partial charge in [0.15, 0.2) is 0 Å². The summed E-state index contributed by atoms with van der Waals surface area (Å²) in [5.74, 6) is -0.0115. The van der Waals surface area contributed by atoms with Crippen LogP contribution in [0.25, 0.3) is 0 Å². The first-order valence-corrected chi connectivity index (χ1v) is 8.44. The van der Waals surface area contributed by atoms with E-state index in [1.54, 1.807) is 0 Å². The Morgan fingerprint density at radius 2 is 2.11 bits per heavy atom. The summed E-state index contributed by atoms with van der Waals surface area (Å²) in [6, 6.07) is 10.3. The molecule has 3 heteroatoms. The van der Waals surface area contributed by atoms with Crippen LogP contribution in [0.15, 0.2) is 42.0 Å². The van der Waals surface area contributed by atoms with Crippen molar-refractivity contribution in [1.82, 2.24) is 0 Å². The molecule has 102 valence electrons. The van der Waals surface area contributed by atoms with Crippen LogP contribution in [0.5, 0.6) is 0 Å². The monoisotopic (exact) mass is 324 g/mol. The molecule has 0 radical (unpaired) electrons. The Hall–Kier alpha value is -1.05. The second-order valence-corrected chi connectivity index (χ2v) is 7.94. The van der Waals surface area contributed by atoms with Crippen molar-refractivity contribution in [2.75, 3.05) is 6.61 Å². The van der Waals surface area contributed by atoms with Gasteiger partial charge in [-0.1, -0.05) is 0 Å². The van der Waals surface area contributed by atoms with E-state index in [2.05, 4.69) is 25.1 Å². The van der Waals surface area contributed by atoms with Crippen LogP contribution in [0.2, 0.25) is 4.31 Å². The molecule has 0 amide bonds. The zero-order valence-electron chi connectivity index (χ0n) is 11.5. The molecule has 1 aromatic rings. The molecule has 0 aliphatic heterocycles. The van der Waals surface area contributed by atoms with Gasteiger partial charge in [-0.05, 0) is 0 Å². The average Bonchev–Trinajstić information content (AvgIpc) is 2.43. The molecule has 1 atom stereocenters. The third-order valence-electron chi connectivity index (χ3n) is 3.41. The Kier molecular flexibility index (Phi) is 4.84. The molecule has 0 aromatic heterocycles. The number of esters is 1. The molecular formula is C16H20O2Se. The molecule has 19 heavy (non-hydrogen) atoms. The molecule has 0 spiro atoms. The molecule has 0 heterocycles. The van der Waals surface area contributed by atoms with E-state index in [9.17, 15) is 4.79 Å². The van der Waals surface area contributed by atoms with E-state index >= 15 is 0 Å². The first-order valence-electron chi connectivity index (χ1n) is 6.73. The van der Waals surface area contributed by atoms with Crippen molar-refractivity contribution in [1.29, 1.82) is 0 Å². The van der Waals surface area contributed by atoms with Crippen molar-refractivity contribution in [3.8, 4) is 0 Å². The Morgan fingerprint density at radius 3 is 2.68 bits per heavy atom. The zero-order chi connectivity index (χ0) is 13.7. The van der Waals surface area contributed by atoms with Crippen molar-refractivity contribution in [2.45, 2.75) is 37.4 Å². The van der Waals surface area contributed by atoms with Gasteiger partial charge in [-0.2, -0.15) is 0 Å². The fourth-order valence-electron chi connectivity index (χ4n) is 2.24. The number of rotatable bonds is 4. The summed E-state index contributed by atoms with van der Waals surface area (Å²) in [7, 11) is 0. The van der Waals surface area contributed by atoms with Gasteiger partial charge in [0.25, 0.3) is 0 Å². The third kappa shape index (κ3) is 3.49. The van der Waals surface area contributed by atoms with E-state index < -0.39 is 0 Å². The van der Waals surface area contributed by atoms with Crippen molar-refractivity contribution in [3.63, 3.8) is 0 Å². The molecule has 1 aliphatic rings. The van der Waals surface area contributed by atoms with Crippen molar-refractivity contribution in [2.24, 2.45) is 0 Å². The molecule has 0 saturated heterocycles. The van der Waals surface area contributed by atoms with Gasteiger partial charge in [0.2, 0.25) is 0 Å². The van der Waals surface area contributed by atoms with E-state index in [0.717, 1.165) is 19.3 Å². The van der Waals surface area contributed by atoms with E-state index in [0.29, 0.717) is 6.61 Å². The Labute approximate surface area is 121 Å². The van der Waals surface area contributed by atoms with E-state index in [4.69, 9.17) is 4.74 Å². The van der Waals surface area contributed by atoms with Crippen LogP contribution in [0.4, 0.5) is 0 Å². The first-order chi connectivity index (χ1) is 9.16. The Bertz CT molecular complexity index is 467. The number of allylic oxidation sites excluding steroid dienone is 2. The second kappa shape index (κ2) is 6.40. The van der Waals surface area contributed by atoms with Crippen LogP contribution in [0, 0.1) is 0 Å². The fraction of sp³-hybridized carbons (Fsp3) is 0.438. The quantitative estimate of drug-likeness (QED) is 0.484. The van der Waals surface area contributed by atoms with Gasteiger partial charge in [0.05, 0.1) is 0 Å². The standard InChI is InChI=1S/C16H20O2Se/c1-3-18-15(17)16(11-9-13(2)10-12-16)19-14-7-5-4-6-8-14/h4-9H,3,10-12H2,1-2H3. The van der Waals surface area contributed by atoms with Gasteiger partial charge < -0.3 is 0 Å². The van der Waals surface area contributed by atoms with Crippen molar-refractivity contribution in [3.05, 3.63) is 42.0 Å². The van der Waals surface area contributed by atoms with Crippen LogP contribution >= 0.6 is 0 Å². The van der Waals surface area contributed by atoms with Gasteiger partial charge in [-0.15, -0.1) is 0 Å². The van der Waals surface area contributed by atoms with Gasteiger partial charge >= 0.3 is 121 Å². The number of hydrogen-bond acceptors (Lipinski definition) is 2. The minimum atomic E-state index is -0.302. The number of carbonyl (C=O) groups is 1. The average molecular weight is 323 g/mol. The van der Waals surface area contributed by atoms with Crippen LogP contribution in [0.3, 0.4) is 0 Å². The first kappa shape index (κ1) is 14.4. The number of benzene rings is 1. The molecule has 2 nitrogen and oxygen atoms in total. The van der Waals surface area contributed by atoms with Crippen LogP contribution in [-0.2, 0) is 9.53 Å². The number of ether oxygens (including phenoxy) is 1. The molecule has 2 rings (SSSR count). The van der Waals surface area contributed by atoms with Gasteiger partial charge in [-0.25, -0.2) is 0 Å². The minimum absolute atomic E-state index is 0.0115. The molecule has 0 saturated carbocycles.